The van der Waals surface area contributed by atoms with Crippen molar-refractivity contribution in [1.82, 2.24) is 15.5 Å². The van der Waals surface area contributed by atoms with Crippen LogP contribution in [0.3, 0.4) is 0 Å². The molecule has 4 rings (SSSR count). The van der Waals surface area contributed by atoms with E-state index in [9.17, 15) is 4.79 Å². The van der Waals surface area contributed by atoms with Gasteiger partial charge in [0.2, 0.25) is 0 Å². The zero-order valence-corrected chi connectivity index (χ0v) is 15.4. The highest BCUT2D eigenvalue weighted by molar-refractivity contribution is 5.99. The fraction of sp³-hybridized carbons (Fsp3) is 0.650. The Hall–Kier alpha value is -1.63. The third-order valence-corrected chi connectivity index (χ3v) is 5.92. The van der Waals surface area contributed by atoms with Crippen LogP contribution in [0, 0.1) is 0 Å². The van der Waals surface area contributed by atoms with E-state index in [1.165, 1.54) is 25.9 Å². The second-order valence-corrected chi connectivity index (χ2v) is 7.53. The summed E-state index contributed by atoms with van der Waals surface area (Å²) in [5.41, 5.74) is 2.92. The van der Waals surface area contributed by atoms with Crippen molar-refractivity contribution in [2.75, 3.05) is 44.6 Å². The Morgan fingerprint density at radius 2 is 1.96 bits per heavy atom. The predicted molar refractivity (Wildman–Crippen MR) is 103 cm³/mol. The highest BCUT2D eigenvalue weighted by Crippen LogP contribution is 2.24. The molecule has 1 aromatic rings. The van der Waals surface area contributed by atoms with E-state index in [0.29, 0.717) is 19.3 Å². The first-order chi connectivity index (χ1) is 12.8. The third-order valence-electron chi connectivity index (χ3n) is 5.92. The van der Waals surface area contributed by atoms with Crippen molar-refractivity contribution in [3.8, 4) is 0 Å². The molecule has 0 aromatic heterocycles. The summed E-state index contributed by atoms with van der Waals surface area (Å²) in [6.07, 6.45) is 5.24. The fourth-order valence-corrected chi connectivity index (χ4v) is 4.41. The zero-order valence-electron chi connectivity index (χ0n) is 15.4. The minimum Gasteiger partial charge on any atom is -0.382 e. The number of ether oxygens (including phenoxy) is 1. The number of nitrogens with zero attached hydrogens (tertiary/aromatic N) is 1. The predicted octanol–water partition coefficient (Wildman–Crippen LogP) is 1.57. The van der Waals surface area contributed by atoms with Gasteiger partial charge in [0.1, 0.15) is 0 Å². The molecule has 3 N–H and O–H groups in total. The average Bonchev–Trinajstić information content (AvgIpc) is 3.08. The number of carbonyl (C=O) groups is 1. The summed E-state index contributed by atoms with van der Waals surface area (Å²) in [5, 5.41) is 9.76. The molecule has 3 aliphatic heterocycles. The Morgan fingerprint density at radius 1 is 1.15 bits per heavy atom. The molecule has 0 atom stereocenters. The van der Waals surface area contributed by atoms with Gasteiger partial charge in [-0.05, 0) is 50.9 Å². The van der Waals surface area contributed by atoms with Gasteiger partial charge in [0, 0.05) is 49.0 Å². The van der Waals surface area contributed by atoms with Crippen molar-refractivity contribution in [2.24, 2.45) is 0 Å². The number of piperidine rings is 2. The van der Waals surface area contributed by atoms with E-state index in [4.69, 9.17) is 4.74 Å². The number of fused-ring (bicyclic) bond motifs is 1. The largest absolute Gasteiger partial charge is 0.382 e. The maximum atomic E-state index is 11.7. The Morgan fingerprint density at radius 3 is 2.77 bits per heavy atom. The number of amides is 1. The molecule has 0 aliphatic carbocycles. The van der Waals surface area contributed by atoms with E-state index in [-0.39, 0.29) is 5.91 Å². The minimum atomic E-state index is 0.0282. The molecule has 0 unspecified atom stereocenters. The van der Waals surface area contributed by atoms with Crippen molar-refractivity contribution < 1.29 is 9.53 Å². The number of anilines is 1. The Labute approximate surface area is 155 Å². The SMILES string of the molecule is O=C1NCc2c(NCCOC3CCN(C4CCNCC4)CC3)cccc21. The van der Waals surface area contributed by atoms with Crippen LogP contribution in [0.4, 0.5) is 5.69 Å². The van der Waals surface area contributed by atoms with Gasteiger partial charge in [-0.15, -0.1) is 0 Å². The van der Waals surface area contributed by atoms with Crippen LogP contribution in [0.5, 0.6) is 0 Å². The van der Waals surface area contributed by atoms with Crippen molar-refractivity contribution in [1.29, 1.82) is 0 Å². The Kier molecular flexibility index (Phi) is 5.72. The van der Waals surface area contributed by atoms with Crippen LogP contribution in [-0.2, 0) is 11.3 Å². The molecule has 0 bridgehead atoms. The third kappa shape index (κ3) is 4.03. The first-order valence-electron chi connectivity index (χ1n) is 10.0. The van der Waals surface area contributed by atoms with Gasteiger partial charge in [0.05, 0.1) is 12.7 Å². The molecule has 1 aromatic carbocycles. The number of nitrogens with one attached hydrogen (secondary N) is 3. The maximum Gasteiger partial charge on any atom is 0.251 e. The molecule has 6 nitrogen and oxygen atoms in total. The lowest BCUT2D eigenvalue weighted by molar-refractivity contribution is -0.000814. The van der Waals surface area contributed by atoms with E-state index >= 15 is 0 Å². The van der Waals surface area contributed by atoms with Gasteiger partial charge in [0.25, 0.3) is 5.91 Å². The van der Waals surface area contributed by atoms with Crippen LogP contribution in [0.2, 0.25) is 0 Å². The molecule has 2 saturated heterocycles. The van der Waals surface area contributed by atoms with E-state index in [2.05, 4.69) is 20.9 Å². The molecule has 0 spiro atoms. The van der Waals surface area contributed by atoms with Crippen LogP contribution in [0.15, 0.2) is 18.2 Å². The molecule has 142 valence electrons. The Bertz CT molecular complexity index is 622. The quantitative estimate of drug-likeness (QED) is 0.674. The van der Waals surface area contributed by atoms with Gasteiger partial charge in [-0.2, -0.15) is 0 Å². The molecule has 3 heterocycles. The molecule has 6 heteroatoms. The van der Waals surface area contributed by atoms with Crippen molar-refractivity contribution in [3.05, 3.63) is 29.3 Å². The maximum absolute atomic E-state index is 11.7. The summed E-state index contributed by atoms with van der Waals surface area (Å²) in [7, 11) is 0. The second-order valence-electron chi connectivity index (χ2n) is 7.53. The summed E-state index contributed by atoms with van der Waals surface area (Å²) < 4.78 is 6.10. The van der Waals surface area contributed by atoms with Crippen LogP contribution in [0.1, 0.15) is 41.6 Å². The van der Waals surface area contributed by atoms with E-state index in [1.54, 1.807) is 0 Å². The number of rotatable bonds is 6. The number of hydrogen-bond donors (Lipinski definition) is 3. The van der Waals surface area contributed by atoms with Crippen molar-refractivity contribution in [2.45, 2.75) is 44.4 Å². The summed E-state index contributed by atoms with van der Waals surface area (Å²) in [5.74, 6) is 0.0282. The summed E-state index contributed by atoms with van der Waals surface area (Å²) >= 11 is 0. The van der Waals surface area contributed by atoms with Crippen LogP contribution < -0.4 is 16.0 Å². The molecule has 1 amide bonds. The first kappa shape index (κ1) is 17.8. The number of likely N-dealkylation sites (tertiary alicyclic amines) is 1. The molecule has 0 radical (unpaired) electrons. The fourth-order valence-electron chi connectivity index (χ4n) is 4.41. The van der Waals surface area contributed by atoms with Crippen LogP contribution >= 0.6 is 0 Å². The van der Waals surface area contributed by atoms with Gasteiger partial charge >= 0.3 is 0 Å². The molecular weight excluding hydrogens is 328 g/mol. The number of benzene rings is 1. The lowest BCUT2D eigenvalue weighted by atomic mass is 10.00. The highest BCUT2D eigenvalue weighted by Gasteiger charge is 2.26. The monoisotopic (exact) mass is 358 g/mol. The first-order valence-corrected chi connectivity index (χ1v) is 10.0. The van der Waals surface area contributed by atoms with Crippen molar-refractivity contribution >= 4 is 11.6 Å². The van der Waals surface area contributed by atoms with Gasteiger partial charge in [-0.25, -0.2) is 0 Å². The Balaban J connectivity index is 1.17. The van der Waals surface area contributed by atoms with Gasteiger partial charge in [-0.3, -0.25) is 4.79 Å². The van der Waals surface area contributed by atoms with Crippen LogP contribution in [0.25, 0.3) is 0 Å². The summed E-state index contributed by atoms with van der Waals surface area (Å²) in [6, 6.07) is 6.63. The van der Waals surface area contributed by atoms with Crippen LogP contribution in [-0.4, -0.2) is 62.3 Å². The summed E-state index contributed by atoms with van der Waals surface area (Å²) in [4.78, 5) is 14.4. The smallest absolute Gasteiger partial charge is 0.251 e. The molecule has 3 aliphatic rings. The van der Waals surface area contributed by atoms with E-state index in [0.717, 1.165) is 55.3 Å². The topological polar surface area (TPSA) is 65.6 Å². The van der Waals surface area contributed by atoms with Gasteiger partial charge in [-0.1, -0.05) is 6.07 Å². The van der Waals surface area contributed by atoms with Crippen molar-refractivity contribution in [3.63, 3.8) is 0 Å². The van der Waals surface area contributed by atoms with Gasteiger partial charge < -0.3 is 25.6 Å². The summed E-state index contributed by atoms with van der Waals surface area (Å²) in [6.45, 7) is 6.77. The molecule has 26 heavy (non-hydrogen) atoms. The number of hydrogen-bond acceptors (Lipinski definition) is 5. The van der Waals surface area contributed by atoms with E-state index in [1.807, 2.05) is 18.2 Å². The average molecular weight is 358 g/mol. The zero-order chi connectivity index (χ0) is 17.8. The minimum absolute atomic E-state index is 0.0282. The van der Waals surface area contributed by atoms with Gasteiger partial charge in [0.15, 0.2) is 0 Å². The molecular formula is C20H30N4O2. The lowest BCUT2D eigenvalue weighted by Crippen LogP contribution is -2.47. The van der Waals surface area contributed by atoms with E-state index < -0.39 is 0 Å². The lowest BCUT2D eigenvalue weighted by Gasteiger charge is -2.39. The normalized spacial score (nSPS) is 22.2. The highest BCUT2D eigenvalue weighted by atomic mass is 16.5. The standard InChI is InChI=1S/C20H30N4O2/c25-20-17-2-1-3-19(18(17)14-23-20)22-10-13-26-16-6-11-24(12-7-16)15-4-8-21-9-5-15/h1-3,15-16,21-22H,4-14H2,(H,23,25). The molecule has 0 saturated carbocycles. The number of carbonyl (C=O) groups excluding carboxylic acids is 1. The second kappa shape index (κ2) is 8.37. The molecule has 2 fully saturated rings.